The first-order chi connectivity index (χ1) is 11.9. The Morgan fingerprint density at radius 2 is 1.92 bits per heavy atom. The lowest BCUT2D eigenvalue weighted by atomic mass is 9.88. The van der Waals surface area contributed by atoms with E-state index in [1.165, 1.54) is 4.90 Å². The molecule has 1 unspecified atom stereocenters. The van der Waals surface area contributed by atoms with Gasteiger partial charge in [-0.3, -0.25) is 9.69 Å². The van der Waals surface area contributed by atoms with Crippen LogP contribution in [-0.4, -0.2) is 30.0 Å². The van der Waals surface area contributed by atoms with Gasteiger partial charge in [0.15, 0.2) is 0 Å². The number of ether oxygens (including phenoxy) is 1. The monoisotopic (exact) mass is 358 g/mol. The highest BCUT2D eigenvalue weighted by Gasteiger charge is 2.49. The molecule has 130 valence electrons. The molecule has 1 atom stereocenters. The standard InChI is InChI=1S/C19H19ClN2O3/c1-13-6-3-4-9-16(13)19(2)17(23)22(18(24)21-19)10-11-25-15-8-5-7-14(20)12-15/h3-9,12H,10-11H2,1-2H3,(H,21,24). The molecule has 3 rings (SSSR count). The summed E-state index contributed by atoms with van der Waals surface area (Å²) in [6, 6.07) is 14.1. The molecule has 1 aliphatic heterocycles. The fourth-order valence-corrected chi connectivity index (χ4v) is 3.21. The van der Waals surface area contributed by atoms with Crippen LogP contribution in [0.1, 0.15) is 18.1 Å². The number of urea groups is 1. The molecule has 1 fully saturated rings. The highest BCUT2D eigenvalue weighted by Crippen LogP contribution is 2.30. The molecule has 0 saturated carbocycles. The second kappa shape index (κ2) is 6.76. The maximum absolute atomic E-state index is 12.9. The van der Waals surface area contributed by atoms with E-state index in [9.17, 15) is 9.59 Å². The largest absolute Gasteiger partial charge is 0.492 e. The van der Waals surface area contributed by atoms with Gasteiger partial charge in [-0.1, -0.05) is 41.9 Å². The lowest BCUT2D eigenvalue weighted by Gasteiger charge is -2.24. The van der Waals surface area contributed by atoms with Crippen LogP contribution in [0.2, 0.25) is 5.02 Å². The number of carbonyl (C=O) groups excluding carboxylic acids is 2. The Kier molecular flexibility index (Phi) is 4.68. The van der Waals surface area contributed by atoms with Gasteiger partial charge in [-0.2, -0.15) is 0 Å². The minimum Gasteiger partial charge on any atom is -0.492 e. The van der Waals surface area contributed by atoms with Crippen molar-refractivity contribution in [3.63, 3.8) is 0 Å². The quantitative estimate of drug-likeness (QED) is 0.832. The molecule has 0 aliphatic carbocycles. The first kappa shape index (κ1) is 17.3. The predicted octanol–water partition coefficient (Wildman–Crippen LogP) is 3.49. The summed E-state index contributed by atoms with van der Waals surface area (Å²) in [6.07, 6.45) is 0. The molecule has 1 aliphatic rings. The van der Waals surface area contributed by atoms with E-state index in [2.05, 4.69) is 5.32 Å². The molecule has 5 nitrogen and oxygen atoms in total. The SMILES string of the molecule is Cc1ccccc1C1(C)NC(=O)N(CCOc2cccc(Cl)c2)C1=O. The van der Waals surface area contributed by atoms with Crippen LogP contribution in [0.4, 0.5) is 4.79 Å². The average molecular weight is 359 g/mol. The van der Waals surface area contributed by atoms with Crippen molar-refractivity contribution in [3.8, 4) is 5.75 Å². The van der Waals surface area contributed by atoms with E-state index in [1.54, 1.807) is 31.2 Å². The van der Waals surface area contributed by atoms with Gasteiger partial charge in [0.1, 0.15) is 17.9 Å². The van der Waals surface area contributed by atoms with Crippen LogP contribution in [0.3, 0.4) is 0 Å². The lowest BCUT2D eigenvalue weighted by molar-refractivity contribution is -0.131. The molecule has 1 saturated heterocycles. The van der Waals surface area contributed by atoms with Crippen molar-refractivity contribution >= 4 is 23.5 Å². The van der Waals surface area contributed by atoms with Gasteiger partial charge in [-0.25, -0.2) is 4.79 Å². The van der Waals surface area contributed by atoms with Crippen molar-refractivity contribution < 1.29 is 14.3 Å². The number of nitrogens with zero attached hydrogens (tertiary/aromatic N) is 1. The Morgan fingerprint density at radius 1 is 1.16 bits per heavy atom. The Hall–Kier alpha value is -2.53. The van der Waals surface area contributed by atoms with Crippen molar-refractivity contribution in [2.75, 3.05) is 13.2 Å². The van der Waals surface area contributed by atoms with E-state index in [-0.39, 0.29) is 19.1 Å². The van der Waals surface area contributed by atoms with Crippen LogP contribution in [0.15, 0.2) is 48.5 Å². The molecule has 2 aromatic carbocycles. The fourth-order valence-electron chi connectivity index (χ4n) is 3.03. The molecule has 0 aromatic heterocycles. The number of hydrogen-bond donors (Lipinski definition) is 1. The smallest absolute Gasteiger partial charge is 0.325 e. The third kappa shape index (κ3) is 3.33. The topological polar surface area (TPSA) is 58.6 Å². The summed E-state index contributed by atoms with van der Waals surface area (Å²) in [6.45, 7) is 4.01. The number of carbonyl (C=O) groups is 2. The summed E-state index contributed by atoms with van der Waals surface area (Å²) in [5, 5.41) is 3.37. The normalized spacial score (nSPS) is 19.9. The number of nitrogens with one attached hydrogen (secondary N) is 1. The minimum atomic E-state index is -1.06. The van der Waals surface area contributed by atoms with Gasteiger partial charge in [0, 0.05) is 5.02 Å². The van der Waals surface area contributed by atoms with E-state index < -0.39 is 11.6 Å². The summed E-state index contributed by atoms with van der Waals surface area (Å²) in [5.74, 6) is 0.322. The van der Waals surface area contributed by atoms with Gasteiger partial charge in [0.05, 0.1) is 6.54 Å². The van der Waals surface area contributed by atoms with Crippen LogP contribution >= 0.6 is 11.6 Å². The van der Waals surface area contributed by atoms with Crippen LogP contribution < -0.4 is 10.1 Å². The Balaban J connectivity index is 1.70. The molecule has 6 heteroatoms. The first-order valence-corrected chi connectivity index (χ1v) is 8.38. The summed E-state index contributed by atoms with van der Waals surface area (Å²) in [7, 11) is 0. The Labute approximate surface area is 151 Å². The average Bonchev–Trinajstić information content (AvgIpc) is 2.79. The third-order valence-electron chi connectivity index (χ3n) is 4.34. The molecule has 0 radical (unpaired) electrons. The number of hydrogen-bond acceptors (Lipinski definition) is 3. The van der Waals surface area contributed by atoms with Crippen LogP contribution in [0, 0.1) is 6.92 Å². The van der Waals surface area contributed by atoms with Gasteiger partial charge in [0.25, 0.3) is 5.91 Å². The molecule has 1 N–H and O–H groups in total. The van der Waals surface area contributed by atoms with E-state index in [0.717, 1.165) is 11.1 Å². The van der Waals surface area contributed by atoms with Crippen LogP contribution in [0.25, 0.3) is 0 Å². The maximum Gasteiger partial charge on any atom is 0.325 e. The van der Waals surface area contributed by atoms with Gasteiger partial charge in [-0.05, 0) is 43.2 Å². The van der Waals surface area contributed by atoms with Gasteiger partial charge < -0.3 is 10.1 Å². The molecular formula is C19H19ClN2O3. The molecule has 3 amide bonds. The Bertz CT molecular complexity index is 824. The van der Waals surface area contributed by atoms with E-state index in [1.807, 2.05) is 31.2 Å². The van der Waals surface area contributed by atoms with Crippen molar-refractivity contribution in [3.05, 3.63) is 64.7 Å². The number of amides is 3. The van der Waals surface area contributed by atoms with Crippen molar-refractivity contribution in [2.24, 2.45) is 0 Å². The second-order valence-electron chi connectivity index (χ2n) is 6.13. The third-order valence-corrected chi connectivity index (χ3v) is 4.57. The van der Waals surface area contributed by atoms with E-state index in [4.69, 9.17) is 16.3 Å². The second-order valence-corrected chi connectivity index (χ2v) is 6.57. The van der Waals surface area contributed by atoms with E-state index in [0.29, 0.717) is 10.8 Å². The maximum atomic E-state index is 12.9. The zero-order valence-electron chi connectivity index (χ0n) is 14.1. The summed E-state index contributed by atoms with van der Waals surface area (Å²) < 4.78 is 5.58. The number of benzene rings is 2. The van der Waals surface area contributed by atoms with Crippen LogP contribution in [-0.2, 0) is 10.3 Å². The van der Waals surface area contributed by atoms with Gasteiger partial charge in [-0.15, -0.1) is 0 Å². The summed E-state index contributed by atoms with van der Waals surface area (Å²) >= 11 is 5.91. The summed E-state index contributed by atoms with van der Waals surface area (Å²) in [5.41, 5.74) is 0.695. The molecule has 0 spiro atoms. The molecule has 0 bridgehead atoms. The van der Waals surface area contributed by atoms with E-state index >= 15 is 0 Å². The highest BCUT2D eigenvalue weighted by molar-refractivity contribution is 6.30. The molecular weight excluding hydrogens is 340 g/mol. The minimum absolute atomic E-state index is 0.165. The lowest BCUT2D eigenvalue weighted by Crippen LogP contribution is -2.41. The van der Waals surface area contributed by atoms with Gasteiger partial charge in [0.2, 0.25) is 0 Å². The number of halogens is 1. The molecule has 25 heavy (non-hydrogen) atoms. The number of imide groups is 1. The Morgan fingerprint density at radius 3 is 2.64 bits per heavy atom. The highest BCUT2D eigenvalue weighted by atomic mass is 35.5. The fraction of sp³-hybridized carbons (Fsp3) is 0.263. The first-order valence-electron chi connectivity index (χ1n) is 8.00. The van der Waals surface area contributed by atoms with Crippen molar-refractivity contribution in [1.29, 1.82) is 0 Å². The van der Waals surface area contributed by atoms with Crippen molar-refractivity contribution in [1.82, 2.24) is 10.2 Å². The zero-order chi connectivity index (χ0) is 18.0. The van der Waals surface area contributed by atoms with Gasteiger partial charge >= 0.3 is 6.03 Å². The predicted molar refractivity (Wildman–Crippen MR) is 95.7 cm³/mol. The summed E-state index contributed by atoms with van der Waals surface area (Å²) in [4.78, 5) is 26.3. The number of rotatable bonds is 5. The number of aryl methyl sites for hydroxylation is 1. The van der Waals surface area contributed by atoms with Crippen LogP contribution in [0.5, 0.6) is 5.75 Å². The zero-order valence-corrected chi connectivity index (χ0v) is 14.8. The molecule has 2 aromatic rings. The van der Waals surface area contributed by atoms with Crippen molar-refractivity contribution in [2.45, 2.75) is 19.4 Å². The molecule has 1 heterocycles.